The predicted octanol–water partition coefficient (Wildman–Crippen LogP) is 3.26. The second-order valence-electron chi connectivity index (χ2n) is 6.89. The number of amides is 1. The van der Waals surface area contributed by atoms with Gasteiger partial charge in [-0.3, -0.25) is 0 Å². The van der Waals surface area contributed by atoms with Gasteiger partial charge in [0, 0.05) is 13.7 Å². The molecule has 0 saturated carbocycles. The molecule has 1 amide bonds. The van der Waals surface area contributed by atoms with Crippen LogP contribution in [0, 0.1) is 0 Å². The van der Waals surface area contributed by atoms with Crippen LogP contribution in [0.1, 0.15) is 12.0 Å². The normalized spacial score (nSPS) is 21.5. The number of nitrogens with zero attached hydrogens (tertiary/aromatic N) is 1. The summed E-state index contributed by atoms with van der Waals surface area (Å²) in [6.07, 6.45) is 0.585. The van der Waals surface area contributed by atoms with Crippen molar-refractivity contribution in [1.29, 1.82) is 0 Å². The first-order chi connectivity index (χ1) is 10.9. The first kappa shape index (κ1) is 18.0. The number of benzene rings is 1. The Bertz CT molecular complexity index is 503. The molecule has 5 nitrogen and oxygen atoms in total. The van der Waals surface area contributed by atoms with Crippen molar-refractivity contribution in [3.8, 4) is 0 Å². The summed E-state index contributed by atoms with van der Waals surface area (Å²) >= 11 is 0. The smallest absolute Gasteiger partial charge is 0.410 e. The highest BCUT2D eigenvalue weighted by atomic mass is 28.4. The van der Waals surface area contributed by atoms with Crippen LogP contribution in [0.3, 0.4) is 0 Å². The van der Waals surface area contributed by atoms with E-state index in [4.69, 9.17) is 13.9 Å². The van der Waals surface area contributed by atoms with Crippen LogP contribution in [0.15, 0.2) is 30.3 Å². The molecule has 1 fully saturated rings. The quantitative estimate of drug-likeness (QED) is 0.748. The Kier molecular flexibility index (Phi) is 6.21. The Morgan fingerprint density at radius 1 is 1.26 bits per heavy atom. The van der Waals surface area contributed by atoms with Crippen molar-refractivity contribution in [3.05, 3.63) is 35.9 Å². The van der Waals surface area contributed by atoms with Crippen LogP contribution in [-0.4, -0.2) is 51.7 Å². The molecule has 1 heterocycles. The predicted molar refractivity (Wildman–Crippen MR) is 91.8 cm³/mol. The van der Waals surface area contributed by atoms with E-state index in [2.05, 4.69) is 19.6 Å². The number of likely N-dealkylation sites (tertiary alicyclic amines) is 1. The highest BCUT2D eigenvalue weighted by Gasteiger charge is 2.38. The molecule has 1 saturated heterocycles. The standard InChI is InChI=1S/C17H27NO4Si/c1-20-13-15-10-16(22-23(2,3)4)11-18(15)17(19)21-12-14-8-6-5-7-9-14/h5-9,15-16H,10-13H2,1-4H3. The Balaban J connectivity index is 1.93. The molecule has 2 atom stereocenters. The first-order valence-corrected chi connectivity index (χ1v) is 11.4. The summed E-state index contributed by atoms with van der Waals surface area (Å²) in [5.41, 5.74) is 0.984. The molecule has 0 aliphatic carbocycles. The molecular formula is C17H27NO4Si. The third kappa shape index (κ3) is 5.64. The molecule has 1 aliphatic rings. The van der Waals surface area contributed by atoms with Gasteiger partial charge in [-0.05, 0) is 31.6 Å². The van der Waals surface area contributed by atoms with E-state index in [-0.39, 0.29) is 24.8 Å². The Labute approximate surface area is 139 Å². The zero-order chi connectivity index (χ0) is 16.9. The van der Waals surface area contributed by atoms with Crippen LogP contribution in [0.25, 0.3) is 0 Å². The van der Waals surface area contributed by atoms with Gasteiger partial charge in [0.1, 0.15) is 6.61 Å². The van der Waals surface area contributed by atoms with Crippen LogP contribution in [-0.2, 0) is 20.5 Å². The van der Waals surface area contributed by atoms with Gasteiger partial charge in [-0.2, -0.15) is 0 Å². The lowest BCUT2D eigenvalue weighted by Crippen LogP contribution is -2.39. The van der Waals surface area contributed by atoms with E-state index in [0.717, 1.165) is 12.0 Å². The summed E-state index contributed by atoms with van der Waals surface area (Å²) in [5.74, 6) is 0. The van der Waals surface area contributed by atoms with E-state index in [0.29, 0.717) is 13.2 Å². The fourth-order valence-electron chi connectivity index (χ4n) is 2.84. The Morgan fingerprint density at radius 2 is 1.96 bits per heavy atom. The molecule has 0 aromatic heterocycles. The molecule has 0 N–H and O–H groups in total. The maximum absolute atomic E-state index is 12.4. The maximum Gasteiger partial charge on any atom is 0.410 e. The van der Waals surface area contributed by atoms with Crippen molar-refractivity contribution in [2.45, 2.75) is 44.8 Å². The molecular weight excluding hydrogens is 310 g/mol. The summed E-state index contributed by atoms with van der Waals surface area (Å²) in [7, 11) is 0.0231. The highest BCUT2D eigenvalue weighted by Crippen LogP contribution is 2.24. The van der Waals surface area contributed by atoms with E-state index in [1.165, 1.54) is 0 Å². The molecule has 6 heteroatoms. The van der Waals surface area contributed by atoms with Crippen molar-refractivity contribution in [2.24, 2.45) is 0 Å². The van der Waals surface area contributed by atoms with Gasteiger partial charge in [-0.15, -0.1) is 0 Å². The summed E-state index contributed by atoms with van der Waals surface area (Å²) in [5, 5.41) is 0. The van der Waals surface area contributed by atoms with Crippen LogP contribution in [0.2, 0.25) is 19.6 Å². The molecule has 1 aromatic rings. The van der Waals surface area contributed by atoms with Gasteiger partial charge < -0.3 is 18.8 Å². The lowest BCUT2D eigenvalue weighted by atomic mass is 10.2. The van der Waals surface area contributed by atoms with Crippen molar-refractivity contribution in [3.63, 3.8) is 0 Å². The van der Waals surface area contributed by atoms with Gasteiger partial charge in [0.05, 0.1) is 18.8 Å². The molecule has 23 heavy (non-hydrogen) atoms. The third-order valence-electron chi connectivity index (χ3n) is 3.69. The van der Waals surface area contributed by atoms with Gasteiger partial charge >= 0.3 is 6.09 Å². The van der Waals surface area contributed by atoms with E-state index < -0.39 is 8.32 Å². The molecule has 1 aliphatic heterocycles. The van der Waals surface area contributed by atoms with Gasteiger partial charge in [0.15, 0.2) is 8.32 Å². The fourth-order valence-corrected chi connectivity index (χ4v) is 4.01. The second-order valence-corrected chi connectivity index (χ2v) is 11.4. The van der Waals surface area contributed by atoms with Gasteiger partial charge in [0.25, 0.3) is 0 Å². The molecule has 0 radical (unpaired) electrons. The van der Waals surface area contributed by atoms with Crippen molar-refractivity contribution in [1.82, 2.24) is 4.90 Å². The average molecular weight is 337 g/mol. The lowest BCUT2D eigenvalue weighted by Gasteiger charge is -2.24. The van der Waals surface area contributed by atoms with Crippen molar-refractivity contribution >= 4 is 14.4 Å². The zero-order valence-electron chi connectivity index (χ0n) is 14.5. The van der Waals surface area contributed by atoms with E-state index >= 15 is 0 Å². The minimum absolute atomic E-state index is 0.0182. The second kappa shape index (κ2) is 7.94. The largest absolute Gasteiger partial charge is 0.445 e. The number of hydrogen-bond donors (Lipinski definition) is 0. The number of rotatable bonds is 6. The maximum atomic E-state index is 12.4. The molecule has 2 rings (SSSR count). The monoisotopic (exact) mass is 337 g/mol. The minimum Gasteiger partial charge on any atom is -0.445 e. The average Bonchev–Trinajstić information content (AvgIpc) is 2.87. The van der Waals surface area contributed by atoms with Crippen LogP contribution in [0.5, 0.6) is 0 Å². The molecule has 2 unspecified atom stereocenters. The molecule has 0 spiro atoms. The minimum atomic E-state index is -1.63. The van der Waals surface area contributed by atoms with Crippen LogP contribution in [0.4, 0.5) is 4.79 Å². The van der Waals surface area contributed by atoms with Gasteiger partial charge in [-0.1, -0.05) is 30.3 Å². The fraction of sp³-hybridized carbons (Fsp3) is 0.588. The number of ether oxygens (including phenoxy) is 2. The number of methoxy groups -OCH3 is 1. The summed E-state index contributed by atoms with van der Waals surface area (Å²) in [4.78, 5) is 14.2. The van der Waals surface area contributed by atoms with E-state index in [1.54, 1.807) is 12.0 Å². The van der Waals surface area contributed by atoms with Crippen molar-refractivity contribution < 1.29 is 18.7 Å². The SMILES string of the molecule is COCC1CC(O[Si](C)(C)C)CN1C(=O)OCc1ccccc1. The number of carbonyl (C=O) groups is 1. The topological polar surface area (TPSA) is 48.0 Å². The van der Waals surface area contributed by atoms with Gasteiger partial charge in [-0.25, -0.2) is 4.79 Å². The summed E-state index contributed by atoms with van der Waals surface area (Å²) < 4.78 is 16.9. The number of hydrogen-bond acceptors (Lipinski definition) is 4. The Morgan fingerprint density at radius 3 is 2.57 bits per heavy atom. The molecule has 1 aromatic carbocycles. The molecule has 0 bridgehead atoms. The highest BCUT2D eigenvalue weighted by molar-refractivity contribution is 6.69. The van der Waals surface area contributed by atoms with Crippen molar-refractivity contribution in [2.75, 3.05) is 20.3 Å². The van der Waals surface area contributed by atoms with Crippen LogP contribution >= 0.6 is 0 Å². The van der Waals surface area contributed by atoms with E-state index in [9.17, 15) is 4.79 Å². The Hall–Kier alpha value is -1.37. The third-order valence-corrected chi connectivity index (χ3v) is 4.74. The van der Waals surface area contributed by atoms with E-state index in [1.807, 2.05) is 30.3 Å². The number of carbonyl (C=O) groups excluding carboxylic acids is 1. The lowest BCUT2D eigenvalue weighted by molar-refractivity contribution is 0.0691. The summed E-state index contributed by atoms with van der Waals surface area (Å²) in [6, 6.07) is 9.72. The zero-order valence-corrected chi connectivity index (χ0v) is 15.5. The van der Waals surface area contributed by atoms with Crippen LogP contribution < -0.4 is 0 Å². The first-order valence-electron chi connectivity index (χ1n) is 8.03. The van der Waals surface area contributed by atoms with Gasteiger partial charge in [0.2, 0.25) is 0 Å². The summed E-state index contributed by atoms with van der Waals surface area (Å²) in [6.45, 7) is 7.85. The molecule has 128 valence electrons.